The third-order valence-electron chi connectivity index (χ3n) is 3.47. The summed E-state index contributed by atoms with van der Waals surface area (Å²) >= 11 is 0. The average Bonchev–Trinajstić information content (AvgIpc) is 2.65. The first kappa shape index (κ1) is 12.4. The zero-order valence-electron chi connectivity index (χ0n) is 11.2. The normalized spacial score (nSPS) is 20.4. The highest BCUT2D eigenvalue weighted by Crippen LogP contribution is 2.32. The monoisotopic (exact) mass is 262 g/mol. The van der Waals surface area contributed by atoms with Crippen LogP contribution < -0.4 is 10.1 Å². The summed E-state index contributed by atoms with van der Waals surface area (Å²) in [7, 11) is 3.60. The Morgan fingerprint density at radius 2 is 2.32 bits per heavy atom. The molecular formula is C13H18N4O2. The van der Waals surface area contributed by atoms with E-state index in [4.69, 9.17) is 9.47 Å². The quantitative estimate of drug-likeness (QED) is 0.876. The summed E-state index contributed by atoms with van der Waals surface area (Å²) in [5.74, 6) is 0.602. The Morgan fingerprint density at radius 3 is 3.16 bits per heavy atom. The fourth-order valence-electron chi connectivity index (χ4n) is 2.57. The van der Waals surface area contributed by atoms with Gasteiger partial charge in [0.05, 0.1) is 19.8 Å². The standard InChI is InChI=1S/C13H18N4O2/c1-17-7-9(10-3-4-14-5-6-19-10)11-12(17)13(18-2)16-8-15-11/h7-8,10,14H,3-6H2,1-2H3. The Balaban J connectivity index is 2.08. The fraction of sp³-hybridized carbons (Fsp3) is 0.538. The van der Waals surface area contributed by atoms with Crippen molar-refractivity contribution in [2.75, 3.05) is 26.8 Å². The molecule has 2 aromatic heterocycles. The maximum Gasteiger partial charge on any atom is 0.241 e. The van der Waals surface area contributed by atoms with Crippen molar-refractivity contribution in [3.8, 4) is 5.88 Å². The van der Waals surface area contributed by atoms with Gasteiger partial charge in [-0.25, -0.2) is 4.98 Å². The highest BCUT2D eigenvalue weighted by Gasteiger charge is 2.22. The molecule has 1 atom stereocenters. The molecule has 1 unspecified atom stereocenters. The molecule has 1 aliphatic heterocycles. The van der Waals surface area contributed by atoms with Crippen LogP contribution in [0.5, 0.6) is 5.88 Å². The summed E-state index contributed by atoms with van der Waals surface area (Å²) < 4.78 is 13.2. The molecule has 0 saturated carbocycles. The van der Waals surface area contributed by atoms with Gasteiger partial charge in [0.1, 0.15) is 17.4 Å². The van der Waals surface area contributed by atoms with E-state index in [9.17, 15) is 0 Å². The number of aryl methyl sites for hydroxylation is 1. The second kappa shape index (κ2) is 5.14. The van der Waals surface area contributed by atoms with E-state index in [1.54, 1.807) is 13.4 Å². The molecule has 1 N–H and O–H groups in total. The lowest BCUT2D eigenvalue weighted by molar-refractivity contribution is 0.0652. The van der Waals surface area contributed by atoms with Crippen molar-refractivity contribution in [1.82, 2.24) is 19.9 Å². The molecule has 1 fully saturated rings. The van der Waals surface area contributed by atoms with Gasteiger partial charge in [0.25, 0.3) is 0 Å². The van der Waals surface area contributed by atoms with E-state index in [1.807, 2.05) is 11.6 Å². The Hall–Kier alpha value is -1.66. The highest BCUT2D eigenvalue weighted by molar-refractivity contribution is 5.84. The first-order valence-corrected chi connectivity index (χ1v) is 6.47. The summed E-state index contributed by atoms with van der Waals surface area (Å²) in [6, 6.07) is 0. The lowest BCUT2D eigenvalue weighted by Gasteiger charge is -2.13. The largest absolute Gasteiger partial charge is 0.479 e. The van der Waals surface area contributed by atoms with Crippen molar-refractivity contribution in [3.05, 3.63) is 18.1 Å². The molecule has 0 spiro atoms. The molecule has 0 amide bonds. The first-order valence-electron chi connectivity index (χ1n) is 6.47. The van der Waals surface area contributed by atoms with E-state index >= 15 is 0 Å². The van der Waals surface area contributed by atoms with Crippen LogP contribution in [0.1, 0.15) is 18.1 Å². The maximum atomic E-state index is 5.91. The number of fused-ring (bicyclic) bond motifs is 1. The van der Waals surface area contributed by atoms with Crippen LogP contribution in [-0.2, 0) is 11.8 Å². The molecular weight excluding hydrogens is 244 g/mol. The highest BCUT2D eigenvalue weighted by atomic mass is 16.5. The van der Waals surface area contributed by atoms with Crippen LogP contribution in [0.25, 0.3) is 11.0 Å². The number of aromatic nitrogens is 3. The number of ether oxygens (including phenoxy) is 2. The van der Waals surface area contributed by atoms with Crippen LogP contribution in [-0.4, -0.2) is 41.3 Å². The van der Waals surface area contributed by atoms with E-state index in [-0.39, 0.29) is 6.10 Å². The smallest absolute Gasteiger partial charge is 0.241 e. The number of rotatable bonds is 2. The minimum Gasteiger partial charge on any atom is -0.479 e. The van der Waals surface area contributed by atoms with E-state index < -0.39 is 0 Å². The third kappa shape index (κ3) is 2.17. The molecule has 1 aliphatic rings. The minimum absolute atomic E-state index is 0.0818. The molecule has 0 aliphatic carbocycles. The predicted octanol–water partition coefficient (Wildman–Crippen LogP) is 1.03. The number of nitrogens with zero attached hydrogens (tertiary/aromatic N) is 3. The van der Waals surface area contributed by atoms with Gasteiger partial charge >= 0.3 is 0 Å². The van der Waals surface area contributed by atoms with E-state index in [1.165, 1.54) is 0 Å². The van der Waals surface area contributed by atoms with Crippen LogP contribution in [0, 0.1) is 0 Å². The van der Waals surface area contributed by atoms with E-state index in [0.29, 0.717) is 5.88 Å². The number of hydrogen-bond donors (Lipinski definition) is 1. The van der Waals surface area contributed by atoms with E-state index in [2.05, 4.69) is 21.5 Å². The first-order chi connectivity index (χ1) is 9.31. The van der Waals surface area contributed by atoms with Gasteiger partial charge in [-0.05, 0) is 13.0 Å². The SMILES string of the molecule is COc1ncnc2c(C3CCNCCO3)cn(C)c12. The van der Waals surface area contributed by atoms with E-state index in [0.717, 1.165) is 42.7 Å². The molecule has 2 aromatic rings. The van der Waals surface area contributed by atoms with Gasteiger partial charge in [-0.3, -0.25) is 0 Å². The van der Waals surface area contributed by atoms with Gasteiger partial charge in [-0.2, -0.15) is 4.98 Å². The minimum atomic E-state index is 0.0818. The van der Waals surface area contributed by atoms with Crippen LogP contribution in [0.3, 0.4) is 0 Å². The Bertz CT molecular complexity index is 573. The van der Waals surface area contributed by atoms with Gasteiger partial charge in [0.2, 0.25) is 5.88 Å². The van der Waals surface area contributed by atoms with Crippen molar-refractivity contribution in [2.45, 2.75) is 12.5 Å². The Labute approximate surface area is 111 Å². The summed E-state index contributed by atoms with van der Waals surface area (Å²) in [6.45, 7) is 2.59. The second-order valence-corrected chi connectivity index (χ2v) is 4.67. The lowest BCUT2D eigenvalue weighted by Crippen LogP contribution is -2.16. The van der Waals surface area contributed by atoms with Gasteiger partial charge in [-0.1, -0.05) is 0 Å². The topological polar surface area (TPSA) is 61.2 Å². The van der Waals surface area contributed by atoms with Crippen LogP contribution in [0.4, 0.5) is 0 Å². The Morgan fingerprint density at radius 1 is 1.42 bits per heavy atom. The van der Waals surface area contributed by atoms with Gasteiger partial charge in [-0.15, -0.1) is 0 Å². The molecule has 0 aromatic carbocycles. The molecule has 3 heterocycles. The van der Waals surface area contributed by atoms with Crippen LogP contribution >= 0.6 is 0 Å². The number of nitrogens with one attached hydrogen (secondary N) is 1. The molecule has 6 heteroatoms. The predicted molar refractivity (Wildman–Crippen MR) is 71.2 cm³/mol. The van der Waals surface area contributed by atoms with Gasteiger partial charge in [0.15, 0.2) is 0 Å². The molecule has 6 nitrogen and oxygen atoms in total. The van der Waals surface area contributed by atoms with Gasteiger partial charge in [0, 0.05) is 25.4 Å². The van der Waals surface area contributed by atoms with Gasteiger partial charge < -0.3 is 19.4 Å². The summed E-state index contributed by atoms with van der Waals surface area (Å²) in [4.78, 5) is 8.56. The zero-order valence-corrected chi connectivity index (χ0v) is 11.2. The van der Waals surface area contributed by atoms with Crippen molar-refractivity contribution < 1.29 is 9.47 Å². The molecule has 0 bridgehead atoms. The van der Waals surface area contributed by atoms with Crippen molar-refractivity contribution in [3.63, 3.8) is 0 Å². The fourth-order valence-corrected chi connectivity index (χ4v) is 2.57. The second-order valence-electron chi connectivity index (χ2n) is 4.67. The summed E-state index contributed by atoms with van der Waals surface area (Å²) in [5, 5.41) is 3.34. The summed E-state index contributed by atoms with van der Waals surface area (Å²) in [5.41, 5.74) is 2.95. The summed E-state index contributed by atoms with van der Waals surface area (Å²) in [6.07, 6.45) is 4.64. The lowest BCUT2D eigenvalue weighted by atomic mass is 10.1. The molecule has 3 rings (SSSR count). The molecule has 0 radical (unpaired) electrons. The molecule has 102 valence electrons. The third-order valence-corrected chi connectivity index (χ3v) is 3.47. The van der Waals surface area contributed by atoms with Crippen molar-refractivity contribution in [1.29, 1.82) is 0 Å². The average molecular weight is 262 g/mol. The Kier molecular flexibility index (Phi) is 3.35. The number of hydrogen-bond acceptors (Lipinski definition) is 5. The molecule has 1 saturated heterocycles. The number of methoxy groups -OCH3 is 1. The maximum absolute atomic E-state index is 5.91. The van der Waals surface area contributed by atoms with Crippen molar-refractivity contribution >= 4 is 11.0 Å². The van der Waals surface area contributed by atoms with Crippen LogP contribution in [0.2, 0.25) is 0 Å². The van der Waals surface area contributed by atoms with Crippen molar-refractivity contribution in [2.24, 2.45) is 7.05 Å². The zero-order chi connectivity index (χ0) is 13.2. The van der Waals surface area contributed by atoms with Crippen LogP contribution in [0.15, 0.2) is 12.5 Å². The molecule has 19 heavy (non-hydrogen) atoms.